The Morgan fingerprint density at radius 3 is 2.27 bits per heavy atom. The fourth-order valence-corrected chi connectivity index (χ4v) is 1.61. The molecule has 0 aliphatic carbocycles. The zero-order valence-electron chi connectivity index (χ0n) is 9.86. The molecule has 0 aliphatic rings. The number of benzene rings is 1. The topological polar surface area (TPSA) is 35.2 Å². The summed E-state index contributed by atoms with van der Waals surface area (Å²) >= 11 is 0. The molecule has 0 amide bonds. The highest BCUT2D eigenvalue weighted by atomic mass is 16.5. The van der Waals surface area contributed by atoms with Gasteiger partial charge in [0.05, 0.1) is 6.10 Å². The Hall–Kier alpha value is -1.02. The highest BCUT2D eigenvalue weighted by Crippen LogP contribution is 2.15. The summed E-state index contributed by atoms with van der Waals surface area (Å²) in [7, 11) is 0. The molecular weight excluding hydrogens is 186 g/mol. The third-order valence-electron chi connectivity index (χ3n) is 2.37. The maximum absolute atomic E-state index is 5.74. The number of ether oxygens (including phenoxy) is 1. The van der Waals surface area contributed by atoms with Gasteiger partial charge in [0.1, 0.15) is 5.75 Å². The van der Waals surface area contributed by atoms with E-state index in [1.54, 1.807) is 0 Å². The molecular formula is C13H21NO. The molecule has 0 saturated carbocycles. The van der Waals surface area contributed by atoms with Crippen LogP contribution >= 0.6 is 0 Å². The van der Waals surface area contributed by atoms with Crippen LogP contribution in [-0.2, 0) is 6.42 Å². The lowest BCUT2D eigenvalue weighted by Crippen LogP contribution is -2.24. The predicted molar refractivity (Wildman–Crippen MR) is 64.2 cm³/mol. The fourth-order valence-electron chi connectivity index (χ4n) is 1.61. The van der Waals surface area contributed by atoms with Gasteiger partial charge in [-0.25, -0.2) is 0 Å². The molecule has 2 nitrogen and oxygen atoms in total. The Kier molecular flexibility index (Phi) is 4.63. The summed E-state index contributed by atoms with van der Waals surface area (Å²) in [5.74, 6) is 0.931. The highest BCUT2D eigenvalue weighted by molar-refractivity contribution is 5.27. The lowest BCUT2D eigenvalue weighted by molar-refractivity contribution is 0.203. The number of hydrogen-bond donors (Lipinski definition) is 1. The number of aryl methyl sites for hydroxylation is 1. The van der Waals surface area contributed by atoms with Gasteiger partial charge >= 0.3 is 0 Å². The molecule has 1 rings (SSSR count). The quantitative estimate of drug-likeness (QED) is 0.805. The van der Waals surface area contributed by atoms with E-state index in [1.807, 2.05) is 19.1 Å². The van der Waals surface area contributed by atoms with Crippen molar-refractivity contribution in [2.45, 2.75) is 45.8 Å². The van der Waals surface area contributed by atoms with Crippen molar-refractivity contribution in [3.63, 3.8) is 0 Å². The van der Waals surface area contributed by atoms with Crippen LogP contribution in [0, 0.1) is 0 Å². The maximum atomic E-state index is 5.74. The molecule has 2 N–H and O–H groups in total. The van der Waals surface area contributed by atoms with Crippen molar-refractivity contribution in [2.24, 2.45) is 5.73 Å². The van der Waals surface area contributed by atoms with Crippen LogP contribution in [0.5, 0.6) is 5.75 Å². The summed E-state index contributed by atoms with van der Waals surface area (Å²) < 4.78 is 5.74. The van der Waals surface area contributed by atoms with Crippen molar-refractivity contribution >= 4 is 0 Å². The van der Waals surface area contributed by atoms with Crippen molar-refractivity contribution < 1.29 is 4.74 Å². The molecule has 0 aliphatic heterocycles. The van der Waals surface area contributed by atoms with E-state index in [1.165, 1.54) is 5.56 Å². The van der Waals surface area contributed by atoms with Crippen LogP contribution in [0.4, 0.5) is 0 Å². The van der Waals surface area contributed by atoms with Gasteiger partial charge in [0.25, 0.3) is 0 Å². The van der Waals surface area contributed by atoms with E-state index >= 15 is 0 Å². The number of rotatable bonds is 5. The van der Waals surface area contributed by atoms with Gasteiger partial charge in [-0.15, -0.1) is 0 Å². The Balaban J connectivity index is 2.49. The molecule has 0 bridgehead atoms. The van der Waals surface area contributed by atoms with Crippen LogP contribution in [-0.4, -0.2) is 12.1 Å². The van der Waals surface area contributed by atoms with Crippen LogP contribution in [0.1, 0.15) is 32.8 Å². The van der Waals surface area contributed by atoms with Gasteiger partial charge in [-0.2, -0.15) is 0 Å². The van der Waals surface area contributed by atoms with Gasteiger partial charge in [0.2, 0.25) is 0 Å². The molecule has 0 radical (unpaired) electrons. The van der Waals surface area contributed by atoms with Gasteiger partial charge in [-0.3, -0.25) is 0 Å². The van der Waals surface area contributed by atoms with Crippen LogP contribution in [0.3, 0.4) is 0 Å². The Labute approximate surface area is 92.4 Å². The zero-order valence-corrected chi connectivity index (χ0v) is 9.86. The van der Waals surface area contributed by atoms with Crippen LogP contribution in [0.2, 0.25) is 0 Å². The largest absolute Gasteiger partial charge is 0.491 e. The smallest absolute Gasteiger partial charge is 0.119 e. The van der Waals surface area contributed by atoms with Crippen molar-refractivity contribution in [2.75, 3.05) is 0 Å². The van der Waals surface area contributed by atoms with Crippen LogP contribution < -0.4 is 10.5 Å². The van der Waals surface area contributed by atoms with E-state index in [4.69, 9.17) is 10.5 Å². The van der Waals surface area contributed by atoms with Gasteiger partial charge < -0.3 is 10.5 Å². The SMILES string of the molecule is CCc1ccc(OC(C)CC(C)N)cc1. The maximum Gasteiger partial charge on any atom is 0.119 e. The van der Waals surface area contributed by atoms with Gasteiger partial charge in [0.15, 0.2) is 0 Å². The minimum Gasteiger partial charge on any atom is -0.491 e. The van der Waals surface area contributed by atoms with Gasteiger partial charge in [0, 0.05) is 6.04 Å². The first kappa shape index (κ1) is 12.1. The van der Waals surface area contributed by atoms with Gasteiger partial charge in [-0.1, -0.05) is 19.1 Å². The summed E-state index contributed by atoms with van der Waals surface area (Å²) in [6.45, 7) is 6.20. The minimum atomic E-state index is 0.178. The molecule has 0 saturated heterocycles. The van der Waals surface area contributed by atoms with E-state index in [9.17, 15) is 0 Å². The lowest BCUT2D eigenvalue weighted by Gasteiger charge is -2.16. The molecule has 2 heteroatoms. The Bertz CT molecular complexity index is 279. The molecule has 84 valence electrons. The Morgan fingerprint density at radius 1 is 1.20 bits per heavy atom. The first-order chi connectivity index (χ1) is 7.11. The van der Waals surface area contributed by atoms with Crippen molar-refractivity contribution in [3.05, 3.63) is 29.8 Å². The molecule has 1 aromatic carbocycles. The minimum absolute atomic E-state index is 0.178. The average Bonchev–Trinajstić information content (AvgIpc) is 2.17. The van der Waals surface area contributed by atoms with Gasteiger partial charge in [-0.05, 0) is 44.4 Å². The molecule has 0 spiro atoms. The van der Waals surface area contributed by atoms with Crippen LogP contribution in [0.15, 0.2) is 24.3 Å². The first-order valence-electron chi connectivity index (χ1n) is 5.63. The summed E-state index contributed by atoms with van der Waals surface area (Å²) in [4.78, 5) is 0. The van der Waals surface area contributed by atoms with E-state index in [2.05, 4.69) is 26.0 Å². The summed E-state index contributed by atoms with van der Waals surface area (Å²) in [5.41, 5.74) is 7.05. The molecule has 0 fully saturated rings. The fraction of sp³-hybridized carbons (Fsp3) is 0.538. The van der Waals surface area contributed by atoms with Crippen molar-refractivity contribution in [1.29, 1.82) is 0 Å². The van der Waals surface area contributed by atoms with Crippen LogP contribution in [0.25, 0.3) is 0 Å². The standard InChI is InChI=1S/C13H21NO/c1-4-12-5-7-13(8-6-12)15-11(3)9-10(2)14/h5-8,10-11H,4,9,14H2,1-3H3. The monoisotopic (exact) mass is 207 g/mol. The second-order valence-electron chi connectivity index (χ2n) is 4.14. The highest BCUT2D eigenvalue weighted by Gasteiger charge is 2.06. The molecule has 2 atom stereocenters. The summed E-state index contributed by atoms with van der Waals surface area (Å²) in [6, 6.07) is 8.45. The second kappa shape index (κ2) is 5.76. The second-order valence-corrected chi connectivity index (χ2v) is 4.14. The van der Waals surface area contributed by atoms with E-state index in [0.717, 1.165) is 18.6 Å². The molecule has 15 heavy (non-hydrogen) atoms. The van der Waals surface area contributed by atoms with E-state index in [-0.39, 0.29) is 12.1 Å². The first-order valence-corrected chi connectivity index (χ1v) is 5.63. The molecule has 0 heterocycles. The summed E-state index contributed by atoms with van der Waals surface area (Å²) in [6.07, 6.45) is 2.13. The Morgan fingerprint density at radius 2 is 1.80 bits per heavy atom. The summed E-state index contributed by atoms with van der Waals surface area (Å²) in [5, 5.41) is 0. The molecule has 0 aromatic heterocycles. The van der Waals surface area contributed by atoms with E-state index in [0.29, 0.717) is 0 Å². The van der Waals surface area contributed by atoms with E-state index < -0.39 is 0 Å². The van der Waals surface area contributed by atoms with Crippen molar-refractivity contribution in [1.82, 2.24) is 0 Å². The normalized spacial score (nSPS) is 14.7. The third kappa shape index (κ3) is 4.34. The third-order valence-corrected chi connectivity index (χ3v) is 2.37. The average molecular weight is 207 g/mol. The van der Waals surface area contributed by atoms with Crippen molar-refractivity contribution in [3.8, 4) is 5.75 Å². The molecule has 2 unspecified atom stereocenters. The number of hydrogen-bond acceptors (Lipinski definition) is 2. The zero-order chi connectivity index (χ0) is 11.3. The lowest BCUT2D eigenvalue weighted by atomic mass is 10.1. The molecule has 1 aromatic rings. The predicted octanol–water partition coefficient (Wildman–Crippen LogP) is 2.75. The number of nitrogens with two attached hydrogens (primary N) is 1.